The van der Waals surface area contributed by atoms with E-state index in [4.69, 9.17) is 5.11 Å². The second kappa shape index (κ2) is 6.43. The molecule has 5 nitrogen and oxygen atoms in total. The summed E-state index contributed by atoms with van der Waals surface area (Å²) in [5.74, 6) is -0.932. The molecule has 2 aromatic rings. The highest BCUT2D eigenvalue weighted by Crippen LogP contribution is 2.21. The topological polar surface area (TPSA) is 82.2 Å². The van der Waals surface area contributed by atoms with Crippen molar-refractivity contribution in [2.45, 2.75) is 39.2 Å². The predicted octanol–water partition coefficient (Wildman–Crippen LogP) is 2.39. The highest BCUT2D eigenvalue weighted by Gasteiger charge is 2.12. The number of carbonyl (C=O) groups excluding carboxylic acids is 1. The molecular formula is C16H20N2O3. The van der Waals surface area contributed by atoms with Gasteiger partial charge in [-0.3, -0.25) is 9.59 Å². The zero-order valence-electron chi connectivity index (χ0n) is 12.3. The maximum atomic E-state index is 12.0. The lowest BCUT2D eigenvalue weighted by Crippen LogP contribution is -2.34. The van der Waals surface area contributed by atoms with Gasteiger partial charge in [0.1, 0.15) is 0 Å². The van der Waals surface area contributed by atoms with E-state index in [0.717, 1.165) is 22.0 Å². The largest absolute Gasteiger partial charge is 0.481 e. The SMILES string of the molecule is Cc1cccc2c(CC(=O)NC(C)CCC(=O)O)c[nH]c12. The Morgan fingerprint density at radius 1 is 1.38 bits per heavy atom. The number of aromatic nitrogens is 1. The van der Waals surface area contributed by atoms with Gasteiger partial charge in [-0.1, -0.05) is 18.2 Å². The second-order valence-electron chi connectivity index (χ2n) is 5.39. The molecule has 0 saturated carbocycles. The Morgan fingerprint density at radius 2 is 2.14 bits per heavy atom. The Morgan fingerprint density at radius 3 is 2.86 bits per heavy atom. The fraction of sp³-hybridized carbons (Fsp3) is 0.375. The zero-order valence-corrected chi connectivity index (χ0v) is 12.3. The molecular weight excluding hydrogens is 268 g/mol. The number of rotatable bonds is 6. The van der Waals surface area contributed by atoms with Crippen molar-refractivity contribution in [3.8, 4) is 0 Å². The van der Waals surface area contributed by atoms with E-state index < -0.39 is 5.97 Å². The number of para-hydroxylation sites is 1. The number of amides is 1. The zero-order chi connectivity index (χ0) is 15.4. The van der Waals surface area contributed by atoms with Crippen LogP contribution < -0.4 is 5.32 Å². The van der Waals surface area contributed by atoms with Crippen LogP contribution in [0.3, 0.4) is 0 Å². The summed E-state index contributed by atoms with van der Waals surface area (Å²) >= 11 is 0. The van der Waals surface area contributed by atoms with Crippen molar-refractivity contribution in [3.63, 3.8) is 0 Å². The van der Waals surface area contributed by atoms with Crippen molar-refractivity contribution in [1.29, 1.82) is 0 Å². The van der Waals surface area contributed by atoms with E-state index in [1.165, 1.54) is 0 Å². The first-order valence-electron chi connectivity index (χ1n) is 7.04. The molecule has 112 valence electrons. The number of hydrogen-bond donors (Lipinski definition) is 3. The van der Waals surface area contributed by atoms with E-state index in [-0.39, 0.29) is 18.4 Å². The summed E-state index contributed by atoms with van der Waals surface area (Å²) in [5, 5.41) is 12.5. The van der Waals surface area contributed by atoms with Gasteiger partial charge in [-0.25, -0.2) is 0 Å². The van der Waals surface area contributed by atoms with Gasteiger partial charge >= 0.3 is 5.97 Å². The van der Waals surface area contributed by atoms with Crippen molar-refractivity contribution in [1.82, 2.24) is 10.3 Å². The van der Waals surface area contributed by atoms with Crippen molar-refractivity contribution >= 4 is 22.8 Å². The van der Waals surface area contributed by atoms with Gasteiger partial charge < -0.3 is 15.4 Å². The lowest BCUT2D eigenvalue weighted by molar-refractivity contribution is -0.137. The number of benzene rings is 1. The Kier molecular flexibility index (Phi) is 4.62. The molecule has 0 aliphatic rings. The highest BCUT2D eigenvalue weighted by atomic mass is 16.4. The normalized spacial score (nSPS) is 12.3. The van der Waals surface area contributed by atoms with E-state index in [1.54, 1.807) is 0 Å². The lowest BCUT2D eigenvalue weighted by Gasteiger charge is -2.12. The number of hydrogen-bond acceptors (Lipinski definition) is 2. The van der Waals surface area contributed by atoms with Gasteiger partial charge in [-0.05, 0) is 31.4 Å². The van der Waals surface area contributed by atoms with E-state index >= 15 is 0 Å². The minimum atomic E-state index is -0.844. The van der Waals surface area contributed by atoms with Crippen LogP contribution in [0.25, 0.3) is 10.9 Å². The third-order valence-corrected chi connectivity index (χ3v) is 3.56. The van der Waals surface area contributed by atoms with Crippen LogP contribution in [0.1, 0.15) is 30.9 Å². The van der Waals surface area contributed by atoms with Crippen LogP contribution in [0.2, 0.25) is 0 Å². The Bertz CT molecular complexity index is 661. The number of aryl methyl sites for hydroxylation is 1. The number of carboxylic acids is 1. The van der Waals surface area contributed by atoms with Crippen LogP contribution in [-0.4, -0.2) is 28.0 Å². The number of aromatic amines is 1. The molecule has 0 bridgehead atoms. The second-order valence-corrected chi connectivity index (χ2v) is 5.39. The van der Waals surface area contributed by atoms with Crippen molar-refractivity contribution in [2.24, 2.45) is 0 Å². The van der Waals surface area contributed by atoms with Gasteiger partial charge in [0.05, 0.1) is 6.42 Å². The molecule has 1 atom stereocenters. The van der Waals surface area contributed by atoms with Gasteiger partial charge in [0, 0.05) is 29.6 Å². The Labute approximate surface area is 123 Å². The summed E-state index contributed by atoms with van der Waals surface area (Å²) in [6.07, 6.45) is 2.65. The third kappa shape index (κ3) is 3.84. The average Bonchev–Trinajstić information content (AvgIpc) is 2.81. The van der Waals surface area contributed by atoms with E-state index in [9.17, 15) is 9.59 Å². The fourth-order valence-electron chi connectivity index (χ4n) is 2.42. The van der Waals surface area contributed by atoms with Crippen LogP contribution in [-0.2, 0) is 16.0 Å². The minimum Gasteiger partial charge on any atom is -0.481 e. The molecule has 3 N–H and O–H groups in total. The van der Waals surface area contributed by atoms with Crippen LogP contribution in [0.15, 0.2) is 24.4 Å². The molecule has 5 heteroatoms. The van der Waals surface area contributed by atoms with Crippen molar-refractivity contribution in [3.05, 3.63) is 35.5 Å². The van der Waals surface area contributed by atoms with Crippen LogP contribution in [0.4, 0.5) is 0 Å². The molecule has 0 fully saturated rings. The lowest BCUT2D eigenvalue weighted by atomic mass is 10.1. The van der Waals surface area contributed by atoms with Gasteiger partial charge in [0.15, 0.2) is 0 Å². The van der Waals surface area contributed by atoms with E-state index in [2.05, 4.69) is 10.3 Å². The molecule has 0 saturated heterocycles. The number of aliphatic carboxylic acids is 1. The van der Waals surface area contributed by atoms with Gasteiger partial charge in [0.2, 0.25) is 5.91 Å². The maximum Gasteiger partial charge on any atom is 0.303 e. The molecule has 21 heavy (non-hydrogen) atoms. The summed E-state index contributed by atoms with van der Waals surface area (Å²) in [7, 11) is 0. The summed E-state index contributed by atoms with van der Waals surface area (Å²) in [6.45, 7) is 3.84. The van der Waals surface area contributed by atoms with Gasteiger partial charge in [-0.15, -0.1) is 0 Å². The first kappa shape index (κ1) is 15.1. The third-order valence-electron chi connectivity index (χ3n) is 3.56. The van der Waals surface area contributed by atoms with Crippen LogP contribution in [0.5, 0.6) is 0 Å². The van der Waals surface area contributed by atoms with Crippen LogP contribution >= 0.6 is 0 Å². The quantitative estimate of drug-likeness (QED) is 0.763. The molecule has 1 unspecified atom stereocenters. The first-order chi connectivity index (χ1) is 9.97. The van der Waals surface area contributed by atoms with Gasteiger partial charge in [0.25, 0.3) is 0 Å². The number of carbonyl (C=O) groups is 2. The Balaban J connectivity index is 1.98. The molecule has 1 aromatic heterocycles. The smallest absolute Gasteiger partial charge is 0.303 e. The maximum absolute atomic E-state index is 12.0. The molecule has 1 heterocycles. The number of carboxylic acid groups (broad SMARTS) is 1. The predicted molar refractivity (Wildman–Crippen MR) is 81.2 cm³/mol. The molecule has 0 spiro atoms. The monoisotopic (exact) mass is 288 g/mol. The van der Waals surface area contributed by atoms with Crippen molar-refractivity contribution in [2.75, 3.05) is 0 Å². The highest BCUT2D eigenvalue weighted by molar-refractivity contribution is 5.90. The fourth-order valence-corrected chi connectivity index (χ4v) is 2.42. The van der Waals surface area contributed by atoms with E-state index in [1.807, 2.05) is 38.2 Å². The number of fused-ring (bicyclic) bond motifs is 1. The molecule has 0 radical (unpaired) electrons. The first-order valence-corrected chi connectivity index (χ1v) is 7.04. The Hall–Kier alpha value is -2.30. The molecule has 1 aromatic carbocycles. The molecule has 0 aliphatic heterocycles. The van der Waals surface area contributed by atoms with Gasteiger partial charge in [-0.2, -0.15) is 0 Å². The van der Waals surface area contributed by atoms with Crippen LogP contribution in [0, 0.1) is 6.92 Å². The summed E-state index contributed by atoms with van der Waals surface area (Å²) < 4.78 is 0. The number of nitrogens with one attached hydrogen (secondary N) is 2. The molecule has 2 rings (SSSR count). The average molecular weight is 288 g/mol. The minimum absolute atomic E-state index is 0.0632. The standard InChI is InChI=1S/C16H20N2O3/c1-10-4-3-5-13-12(9-17-16(10)13)8-14(19)18-11(2)6-7-15(20)21/h3-5,9,11,17H,6-8H2,1-2H3,(H,18,19)(H,20,21). The van der Waals surface area contributed by atoms with E-state index in [0.29, 0.717) is 12.8 Å². The summed E-state index contributed by atoms with van der Waals surface area (Å²) in [5.41, 5.74) is 3.16. The molecule has 1 amide bonds. The summed E-state index contributed by atoms with van der Waals surface area (Å²) in [4.78, 5) is 25.7. The van der Waals surface area contributed by atoms with Crippen molar-refractivity contribution < 1.29 is 14.7 Å². The summed E-state index contributed by atoms with van der Waals surface area (Å²) in [6, 6.07) is 5.86. The number of H-pyrrole nitrogens is 1. The molecule has 0 aliphatic carbocycles.